The lowest BCUT2D eigenvalue weighted by molar-refractivity contribution is 0.787. The summed E-state index contributed by atoms with van der Waals surface area (Å²) in [6.45, 7) is 1.68. The molecular weight excluding hydrogens is 461 g/mol. The van der Waals surface area contributed by atoms with Gasteiger partial charge in [-0.05, 0) is 36.1 Å². The Balaban J connectivity index is 0.00000225. The van der Waals surface area contributed by atoms with Gasteiger partial charge in [-0.1, -0.05) is 36.4 Å². The summed E-state index contributed by atoms with van der Waals surface area (Å²) in [5.41, 5.74) is 5.03. The third-order valence-corrected chi connectivity index (χ3v) is 4.95. The summed E-state index contributed by atoms with van der Waals surface area (Å²) in [5.74, 6) is 0.842. The molecule has 0 amide bonds. The Morgan fingerprint density at radius 2 is 1.25 bits per heavy atom. The van der Waals surface area contributed by atoms with Gasteiger partial charge in [-0.25, -0.2) is 0 Å². The largest absolute Gasteiger partial charge is 0.361 e. The van der Waals surface area contributed by atoms with Gasteiger partial charge in [-0.2, -0.15) is 0 Å². The second-order valence-corrected chi connectivity index (χ2v) is 6.64. The molecule has 0 aliphatic heterocycles. The minimum atomic E-state index is 0. The van der Waals surface area contributed by atoms with E-state index in [1.165, 1.54) is 32.9 Å². The van der Waals surface area contributed by atoms with E-state index < -0.39 is 0 Å². The van der Waals surface area contributed by atoms with Crippen LogP contribution >= 0.6 is 24.0 Å². The molecule has 0 spiro atoms. The zero-order valence-electron chi connectivity index (χ0n) is 16.0. The van der Waals surface area contributed by atoms with Crippen molar-refractivity contribution in [2.24, 2.45) is 4.99 Å². The van der Waals surface area contributed by atoms with Gasteiger partial charge in [-0.15, -0.1) is 24.0 Å². The molecule has 28 heavy (non-hydrogen) atoms. The fourth-order valence-corrected chi connectivity index (χ4v) is 3.53. The molecule has 0 aliphatic rings. The monoisotopic (exact) mass is 487 g/mol. The number of aromatic amines is 2. The maximum absolute atomic E-state index is 4.33. The molecular formula is C22H26IN5. The number of H-pyrrole nitrogens is 2. The first-order valence-electron chi connectivity index (χ1n) is 9.39. The molecule has 0 radical (unpaired) electrons. The van der Waals surface area contributed by atoms with E-state index in [9.17, 15) is 0 Å². The van der Waals surface area contributed by atoms with Crippen LogP contribution in [0.25, 0.3) is 21.8 Å². The van der Waals surface area contributed by atoms with Crippen LogP contribution in [-0.2, 0) is 12.8 Å². The van der Waals surface area contributed by atoms with Gasteiger partial charge in [0.15, 0.2) is 5.96 Å². The first-order chi connectivity index (χ1) is 13.3. The predicted molar refractivity (Wildman–Crippen MR) is 129 cm³/mol. The lowest BCUT2D eigenvalue weighted by Gasteiger charge is -2.11. The molecule has 146 valence electrons. The summed E-state index contributed by atoms with van der Waals surface area (Å²) >= 11 is 0. The van der Waals surface area contributed by atoms with E-state index in [4.69, 9.17) is 0 Å². The average molecular weight is 487 g/mol. The molecule has 0 saturated heterocycles. The fraction of sp³-hybridized carbons (Fsp3) is 0.227. The van der Waals surface area contributed by atoms with Crippen LogP contribution in [0.4, 0.5) is 0 Å². The van der Waals surface area contributed by atoms with Crippen LogP contribution in [0.15, 0.2) is 65.9 Å². The summed E-state index contributed by atoms with van der Waals surface area (Å²) < 4.78 is 0. The fourth-order valence-electron chi connectivity index (χ4n) is 3.53. The minimum absolute atomic E-state index is 0. The highest BCUT2D eigenvalue weighted by Crippen LogP contribution is 2.18. The van der Waals surface area contributed by atoms with Crippen molar-refractivity contribution >= 4 is 51.7 Å². The SMILES string of the molecule is CN=C(NCCc1c[nH]c2ccccc12)NCCc1c[nH]c2ccccc12.I. The molecule has 2 aromatic heterocycles. The number of guanidine groups is 1. The van der Waals surface area contributed by atoms with Crippen molar-refractivity contribution < 1.29 is 0 Å². The van der Waals surface area contributed by atoms with E-state index in [2.05, 4.69) is 86.5 Å². The minimum Gasteiger partial charge on any atom is -0.361 e. The van der Waals surface area contributed by atoms with Crippen LogP contribution in [0.1, 0.15) is 11.1 Å². The zero-order valence-corrected chi connectivity index (χ0v) is 18.3. The molecule has 0 unspecified atom stereocenters. The summed E-state index contributed by atoms with van der Waals surface area (Å²) in [4.78, 5) is 11.0. The average Bonchev–Trinajstić information content (AvgIpc) is 3.31. The molecule has 0 bridgehead atoms. The first-order valence-corrected chi connectivity index (χ1v) is 9.39. The van der Waals surface area contributed by atoms with Crippen molar-refractivity contribution in [1.82, 2.24) is 20.6 Å². The van der Waals surface area contributed by atoms with Crippen molar-refractivity contribution in [3.05, 3.63) is 72.1 Å². The van der Waals surface area contributed by atoms with Crippen LogP contribution in [0.2, 0.25) is 0 Å². The van der Waals surface area contributed by atoms with Crippen LogP contribution in [0, 0.1) is 0 Å². The highest BCUT2D eigenvalue weighted by atomic mass is 127. The predicted octanol–water partition coefficient (Wildman–Crippen LogP) is 4.22. The smallest absolute Gasteiger partial charge is 0.190 e. The summed E-state index contributed by atoms with van der Waals surface area (Å²) in [7, 11) is 1.81. The molecule has 4 N–H and O–H groups in total. The number of nitrogens with zero attached hydrogens (tertiary/aromatic N) is 1. The number of halogens is 1. The number of para-hydroxylation sites is 2. The standard InChI is InChI=1S/C22H25N5.HI/c1-23-22(24-12-10-16-14-26-20-8-4-2-6-18(16)20)25-13-11-17-15-27-21-9-5-3-7-19(17)21;/h2-9,14-15,26-27H,10-13H2,1H3,(H2,23,24,25);1H. The Morgan fingerprint density at radius 3 is 1.71 bits per heavy atom. The van der Waals surface area contributed by atoms with Gasteiger partial charge in [0, 0.05) is 54.3 Å². The summed E-state index contributed by atoms with van der Waals surface area (Å²) in [5, 5.41) is 9.40. The van der Waals surface area contributed by atoms with Crippen molar-refractivity contribution in [1.29, 1.82) is 0 Å². The van der Waals surface area contributed by atoms with Crippen molar-refractivity contribution in [3.8, 4) is 0 Å². The maximum atomic E-state index is 4.33. The van der Waals surface area contributed by atoms with E-state index in [0.29, 0.717) is 0 Å². The van der Waals surface area contributed by atoms with Crippen molar-refractivity contribution in [3.63, 3.8) is 0 Å². The van der Waals surface area contributed by atoms with Gasteiger partial charge < -0.3 is 20.6 Å². The third kappa shape index (κ3) is 4.49. The number of benzene rings is 2. The lowest BCUT2D eigenvalue weighted by atomic mass is 10.1. The number of fused-ring (bicyclic) bond motifs is 2. The lowest BCUT2D eigenvalue weighted by Crippen LogP contribution is -2.39. The van der Waals surface area contributed by atoms with Crippen LogP contribution in [0.3, 0.4) is 0 Å². The molecule has 0 saturated carbocycles. The number of aromatic nitrogens is 2. The highest BCUT2D eigenvalue weighted by molar-refractivity contribution is 14.0. The van der Waals surface area contributed by atoms with Gasteiger partial charge >= 0.3 is 0 Å². The number of hydrogen-bond donors (Lipinski definition) is 4. The van der Waals surface area contributed by atoms with E-state index in [0.717, 1.165) is 31.9 Å². The molecule has 4 aromatic rings. The van der Waals surface area contributed by atoms with Crippen molar-refractivity contribution in [2.45, 2.75) is 12.8 Å². The van der Waals surface area contributed by atoms with Gasteiger partial charge in [0.05, 0.1) is 0 Å². The topological polar surface area (TPSA) is 68.0 Å². The van der Waals surface area contributed by atoms with E-state index >= 15 is 0 Å². The summed E-state index contributed by atoms with van der Waals surface area (Å²) in [6.07, 6.45) is 6.10. The molecule has 0 aliphatic carbocycles. The summed E-state index contributed by atoms with van der Waals surface area (Å²) in [6, 6.07) is 16.8. The zero-order chi connectivity index (χ0) is 18.5. The normalized spacial score (nSPS) is 10.6. The number of hydrogen-bond acceptors (Lipinski definition) is 1. The third-order valence-electron chi connectivity index (χ3n) is 4.95. The second kappa shape index (κ2) is 9.64. The molecule has 6 heteroatoms. The van der Waals surface area contributed by atoms with Gasteiger partial charge in [0.1, 0.15) is 0 Å². The molecule has 0 fully saturated rings. The first kappa shape index (κ1) is 20.3. The molecule has 0 atom stereocenters. The number of nitrogens with one attached hydrogen (secondary N) is 4. The Labute approximate surface area is 182 Å². The quantitative estimate of drug-likeness (QED) is 0.187. The molecule has 2 heterocycles. The Hall–Kier alpha value is -2.48. The van der Waals surface area contributed by atoms with Gasteiger partial charge in [0.2, 0.25) is 0 Å². The van der Waals surface area contributed by atoms with Crippen molar-refractivity contribution in [2.75, 3.05) is 20.1 Å². The molecule has 4 rings (SSSR count). The van der Waals surface area contributed by atoms with Crippen LogP contribution < -0.4 is 10.6 Å². The number of rotatable bonds is 6. The second-order valence-electron chi connectivity index (χ2n) is 6.64. The highest BCUT2D eigenvalue weighted by Gasteiger charge is 2.05. The Kier molecular flexibility index (Phi) is 6.97. The van der Waals surface area contributed by atoms with E-state index in [-0.39, 0.29) is 24.0 Å². The Bertz CT molecular complexity index is 981. The van der Waals surface area contributed by atoms with Gasteiger partial charge in [0.25, 0.3) is 0 Å². The Morgan fingerprint density at radius 1 is 0.786 bits per heavy atom. The number of aliphatic imine (C=N–C) groups is 1. The van der Waals surface area contributed by atoms with Crippen LogP contribution in [-0.4, -0.2) is 36.1 Å². The molecule has 5 nitrogen and oxygen atoms in total. The van der Waals surface area contributed by atoms with Gasteiger partial charge in [-0.3, -0.25) is 4.99 Å². The maximum Gasteiger partial charge on any atom is 0.190 e. The van der Waals surface area contributed by atoms with E-state index in [1.807, 2.05) is 7.05 Å². The molecule has 2 aromatic carbocycles. The van der Waals surface area contributed by atoms with E-state index in [1.54, 1.807) is 0 Å². The van der Waals surface area contributed by atoms with Crippen LogP contribution in [0.5, 0.6) is 0 Å².